The maximum atomic E-state index is 13.7. The highest BCUT2D eigenvalue weighted by Gasteiger charge is 2.45. The summed E-state index contributed by atoms with van der Waals surface area (Å²) in [6, 6.07) is 10.1. The number of halogens is 3. The lowest BCUT2D eigenvalue weighted by Gasteiger charge is -2.40. The number of hydrogen-bond donors (Lipinski definition) is 1. The fourth-order valence-electron chi connectivity index (χ4n) is 2.78. The zero-order chi connectivity index (χ0) is 15.7. The highest BCUT2D eigenvalue weighted by molar-refractivity contribution is 6.30. The Morgan fingerprint density at radius 3 is 2.36 bits per heavy atom. The molecule has 0 heterocycles. The quantitative estimate of drug-likeness (QED) is 0.874. The van der Waals surface area contributed by atoms with Crippen LogP contribution in [0.15, 0.2) is 42.5 Å². The van der Waals surface area contributed by atoms with Gasteiger partial charge in [0, 0.05) is 11.1 Å². The maximum absolute atomic E-state index is 13.7. The van der Waals surface area contributed by atoms with Crippen molar-refractivity contribution >= 4 is 23.2 Å². The van der Waals surface area contributed by atoms with Crippen molar-refractivity contribution in [3.63, 3.8) is 0 Å². The van der Waals surface area contributed by atoms with E-state index in [4.69, 9.17) is 11.6 Å². The molecule has 1 N–H and O–H groups in total. The highest BCUT2D eigenvalue weighted by atomic mass is 35.5. The monoisotopic (exact) mass is 321 g/mol. The molecule has 2 aromatic carbocycles. The van der Waals surface area contributed by atoms with Gasteiger partial charge in [0.2, 0.25) is 5.91 Å². The van der Waals surface area contributed by atoms with Crippen LogP contribution in [0.1, 0.15) is 24.8 Å². The Hall–Kier alpha value is -1.94. The van der Waals surface area contributed by atoms with E-state index in [0.717, 1.165) is 30.2 Å². The van der Waals surface area contributed by atoms with E-state index in [-0.39, 0.29) is 11.6 Å². The van der Waals surface area contributed by atoms with Gasteiger partial charge in [0.25, 0.3) is 0 Å². The number of amides is 1. The van der Waals surface area contributed by atoms with Gasteiger partial charge in [-0.1, -0.05) is 30.2 Å². The maximum Gasteiger partial charge on any atom is 0.235 e. The fraction of sp³-hybridized carbons (Fsp3) is 0.235. The van der Waals surface area contributed by atoms with Crippen LogP contribution in [0, 0.1) is 11.6 Å². The number of anilines is 1. The molecule has 0 radical (unpaired) electrons. The summed E-state index contributed by atoms with van der Waals surface area (Å²) in [6.45, 7) is 0. The van der Waals surface area contributed by atoms with Crippen molar-refractivity contribution in [1.29, 1.82) is 0 Å². The Bertz CT molecular complexity index is 711. The molecule has 1 aliphatic rings. The third kappa shape index (κ3) is 2.59. The van der Waals surface area contributed by atoms with Gasteiger partial charge >= 0.3 is 0 Å². The Morgan fingerprint density at radius 2 is 1.77 bits per heavy atom. The predicted octanol–water partition coefficient (Wildman–Crippen LogP) is 4.68. The van der Waals surface area contributed by atoms with Gasteiger partial charge in [-0.3, -0.25) is 4.79 Å². The molecule has 0 bridgehead atoms. The molecule has 1 fully saturated rings. The molecular weight excluding hydrogens is 308 g/mol. The Kier molecular flexibility index (Phi) is 3.87. The highest BCUT2D eigenvalue weighted by Crippen LogP contribution is 2.45. The average Bonchev–Trinajstić information content (AvgIpc) is 2.44. The zero-order valence-electron chi connectivity index (χ0n) is 11.7. The van der Waals surface area contributed by atoms with Gasteiger partial charge in [0.15, 0.2) is 0 Å². The third-order valence-electron chi connectivity index (χ3n) is 4.22. The standard InChI is InChI=1S/C17H14ClF2NO/c18-12-4-2-11(3-5-12)17(8-1-9-17)16(22)21-15-10-13(19)6-7-14(15)20/h2-7,10H,1,8-9H2,(H,21,22). The molecule has 1 amide bonds. The minimum absolute atomic E-state index is 0.134. The van der Waals surface area contributed by atoms with Crippen molar-refractivity contribution in [3.05, 3.63) is 64.7 Å². The molecule has 0 aliphatic heterocycles. The molecule has 1 saturated carbocycles. The summed E-state index contributed by atoms with van der Waals surface area (Å²) in [7, 11) is 0. The van der Waals surface area contributed by atoms with Crippen LogP contribution in [0.5, 0.6) is 0 Å². The van der Waals surface area contributed by atoms with Crippen molar-refractivity contribution in [2.24, 2.45) is 0 Å². The first-order valence-electron chi connectivity index (χ1n) is 7.04. The van der Waals surface area contributed by atoms with Gasteiger partial charge < -0.3 is 5.32 Å². The second-order valence-corrected chi connectivity index (χ2v) is 5.96. The summed E-state index contributed by atoms with van der Waals surface area (Å²) in [4.78, 5) is 12.6. The number of carbonyl (C=O) groups is 1. The first-order valence-corrected chi connectivity index (χ1v) is 7.42. The predicted molar refractivity (Wildman–Crippen MR) is 82.0 cm³/mol. The van der Waals surface area contributed by atoms with Crippen LogP contribution in [0.3, 0.4) is 0 Å². The normalized spacial score (nSPS) is 16.0. The van der Waals surface area contributed by atoms with Crippen LogP contribution in [-0.2, 0) is 10.2 Å². The van der Waals surface area contributed by atoms with Gasteiger partial charge in [-0.15, -0.1) is 0 Å². The second-order valence-electron chi connectivity index (χ2n) is 5.52. The smallest absolute Gasteiger partial charge is 0.235 e. The molecule has 1 aliphatic carbocycles. The molecule has 0 saturated heterocycles. The van der Waals surface area contributed by atoms with Crippen LogP contribution < -0.4 is 5.32 Å². The SMILES string of the molecule is O=C(Nc1cc(F)ccc1F)C1(c2ccc(Cl)cc2)CCC1. The van der Waals surface area contributed by atoms with Crippen molar-refractivity contribution in [3.8, 4) is 0 Å². The third-order valence-corrected chi connectivity index (χ3v) is 4.47. The summed E-state index contributed by atoms with van der Waals surface area (Å²) in [5.41, 5.74) is 0.0197. The van der Waals surface area contributed by atoms with Crippen molar-refractivity contribution < 1.29 is 13.6 Å². The number of benzene rings is 2. The molecular formula is C17H14ClF2NO. The Labute approximate surface area is 132 Å². The number of carbonyl (C=O) groups excluding carboxylic acids is 1. The van der Waals surface area contributed by atoms with Gasteiger partial charge in [-0.25, -0.2) is 8.78 Å². The van der Waals surface area contributed by atoms with E-state index >= 15 is 0 Å². The molecule has 2 nitrogen and oxygen atoms in total. The number of hydrogen-bond acceptors (Lipinski definition) is 1. The molecule has 114 valence electrons. The van der Waals surface area contributed by atoms with Crippen LogP contribution in [0.4, 0.5) is 14.5 Å². The lowest BCUT2D eigenvalue weighted by Crippen LogP contribution is -2.46. The molecule has 2 aromatic rings. The molecule has 22 heavy (non-hydrogen) atoms. The van der Waals surface area contributed by atoms with E-state index in [2.05, 4.69) is 5.32 Å². The first-order chi connectivity index (χ1) is 10.5. The summed E-state index contributed by atoms with van der Waals surface area (Å²) in [5.74, 6) is -1.56. The fourth-order valence-corrected chi connectivity index (χ4v) is 2.91. The van der Waals surface area contributed by atoms with Crippen LogP contribution in [-0.4, -0.2) is 5.91 Å². The Morgan fingerprint density at radius 1 is 1.09 bits per heavy atom. The van der Waals surface area contributed by atoms with E-state index < -0.39 is 17.0 Å². The van der Waals surface area contributed by atoms with E-state index in [0.29, 0.717) is 17.9 Å². The topological polar surface area (TPSA) is 29.1 Å². The van der Waals surface area contributed by atoms with E-state index in [1.54, 1.807) is 12.1 Å². The summed E-state index contributed by atoms with van der Waals surface area (Å²) >= 11 is 5.88. The van der Waals surface area contributed by atoms with Crippen molar-refractivity contribution in [2.75, 3.05) is 5.32 Å². The van der Waals surface area contributed by atoms with Gasteiger partial charge in [-0.2, -0.15) is 0 Å². The summed E-state index contributed by atoms with van der Waals surface area (Å²) < 4.78 is 26.9. The van der Waals surface area contributed by atoms with Crippen LogP contribution in [0.25, 0.3) is 0 Å². The first kappa shape index (κ1) is 15.0. The van der Waals surface area contributed by atoms with Gasteiger partial charge in [0.1, 0.15) is 11.6 Å². The van der Waals surface area contributed by atoms with Crippen molar-refractivity contribution in [2.45, 2.75) is 24.7 Å². The molecule has 0 spiro atoms. The van der Waals surface area contributed by atoms with E-state index in [1.807, 2.05) is 12.1 Å². The molecule has 3 rings (SSSR count). The number of rotatable bonds is 3. The van der Waals surface area contributed by atoms with E-state index in [9.17, 15) is 13.6 Å². The van der Waals surface area contributed by atoms with Gasteiger partial charge in [0.05, 0.1) is 11.1 Å². The molecule has 0 atom stereocenters. The lowest BCUT2D eigenvalue weighted by molar-refractivity contribution is -0.124. The summed E-state index contributed by atoms with van der Waals surface area (Å²) in [5, 5.41) is 3.11. The molecule has 0 unspecified atom stereocenters. The lowest BCUT2D eigenvalue weighted by atomic mass is 9.64. The zero-order valence-corrected chi connectivity index (χ0v) is 12.5. The van der Waals surface area contributed by atoms with Crippen molar-refractivity contribution in [1.82, 2.24) is 0 Å². The Balaban J connectivity index is 1.89. The average molecular weight is 322 g/mol. The largest absolute Gasteiger partial charge is 0.323 e. The second kappa shape index (κ2) is 5.69. The minimum Gasteiger partial charge on any atom is -0.323 e. The van der Waals surface area contributed by atoms with Gasteiger partial charge in [-0.05, 0) is 42.7 Å². The number of nitrogens with one attached hydrogen (secondary N) is 1. The van der Waals surface area contributed by atoms with E-state index in [1.165, 1.54) is 0 Å². The molecule has 0 aromatic heterocycles. The summed E-state index contributed by atoms with van der Waals surface area (Å²) in [6.07, 6.45) is 2.27. The minimum atomic E-state index is -0.691. The van der Waals surface area contributed by atoms with Crippen LogP contribution >= 0.6 is 11.6 Å². The molecule has 5 heteroatoms. The van der Waals surface area contributed by atoms with Crippen LogP contribution in [0.2, 0.25) is 5.02 Å².